The van der Waals surface area contributed by atoms with Gasteiger partial charge in [-0.1, -0.05) is 30.3 Å². The second-order valence-electron chi connectivity index (χ2n) is 8.06. The molecule has 172 valence electrons. The number of piperazine rings is 1. The van der Waals surface area contributed by atoms with Crippen LogP contribution in [0, 0.1) is 0 Å². The Bertz CT molecular complexity index is 1170. The van der Waals surface area contributed by atoms with E-state index in [1.807, 2.05) is 23.1 Å². The number of quaternary nitrogens is 1. The summed E-state index contributed by atoms with van der Waals surface area (Å²) in [5.74, 6) is 0.573. The molecular weight excluding hydrogens is 438 g/mol. The molecule has 4 rings (SSSR count). The molecule has 3 aromatic carbocycles. The predicted molar refractivity (Wildman–Crippen MR) is 127 cm³/mol. The van der Waals surface area contributed by atoms with Crippen molar-refractivity contribution in [3.05, 3.63) is 90.0 Å². The number of methoxy groups -OCH3 is 1. The number of anilines is 1. The predicted octanol–water partition coefficient (Wildman–Crippen LogP) is 2.04. The first-order valence-corrected chi connectivity index (χ1v) is 12.4. The van der Waals surface area contributed by atoms with Crippen LogP contribution in [0.15, 0.2) is 83.8 Å². The van der Waals surface area contributed by atoms with Gasteiger partial charge in [0.1, 0.15) is 12.3 Å². The van der Waals surface area contributed by atoms with Crippen LogP contribution < -0.4 is 14.4 Å². The van der Waals surface area contributed by atoms with Crippen molar-refractivity contribution in [1.29, 1.82) is 0 Å². The summed E-state index contributed by atoms with van der Waals surface area (Å²) in [5, 5.41) is 0. The van der Waals surface area contributed by atoms with Gasteiger partial charge >= 0.3 is 0 Å². The van der Waals surface area contributed by atoms with E-state index < -0.39 is 10.0 Å². The number of hydrogen-bond acceptors (Lipinski definition) is 4. The van der Waals surface area contributed by atoms with Gasteiger partial charge in [0.25, 0.3) is 15.9 Å². The second kappa shape index (κ2) is 10.1. The molecule has 1 saturated heterocycles. The molecular formula is C25H28N3O4S+. The van der Waals surface area contributed by atoms with Crippen molar-refractivity contribution < 1.29 is 22.8 Å². The Kier molecular flexibility index (Phi) is 6.96. The van der Waals surface area contributed by atoms with E-state index in [4.69, 9.17) is 4.74 Å². The molecule has 0 spiro atoms. The lowest BCUT2D eigenvalue weighted by molar-refractivity contribution is -0.917. The fourth-order valence-electron chi connectivity index (χ4n) is 3.92. The molecule has 0 atom stereocenters. The minimum Gasteiger partial charge on any atom is -0.497 e. The zero-order valence-electron chi connectivity index (χ0n) is 18.5. The molecule has 0 radical (unpaired) electrons. The van der Waals surface area contributed by atoms with Gasteiger partial charge in [0.15, 0.2) is 0 Å². The minimum absolute atomic E-state index is 0.0687. The summed E-state index contributed by atoms with van der Waals surface area (Å²) in [6.45, 7) is 4.09. The molecule has 0 aromatic heterocycles. The number of carbonyl (C=O) groups excluding carboxylic acids is 1. The highest BCUT2D eigenvalue weighted by atomic mass is 32.2. The third-order valence-corrected chi connectivity index (χ3v) is 7.21. The number of nitrogens with zero attached hydrogens (tertiary/aromatic N) is 1. The van der Waals surface area contributed by atoms with Crippen molar-refractivity contribution in [2.45, 2.75) is 11.4 Å². The first kappa shape index (κ1) is 22.8. The lowest BCUT2D eigenvalue weighted by Crippen LogP contribution is -3.13. The van der Waals surface area contributed by atoms with Crippen LogP contribution in [0.25, 0.3) is 0 Å². The van der Waals surface area contributed by atoms with Crippen molar-refractivity contribution >= 4 is 21.6 Å². The number of benzene rings is 3. The summed E-state index contributed by atoms with van der Waals surface area (Å²) in [7, 11) is -2.21. The minimum atomic E-state index is -3.76. The highest BCUT2D eigenvalue weighted by Gasteiger charge is 2.25. The van der Waals surface area contributed by atoms with Gasteiger partial charge < -0.3 is 14.5 Å². The Morgan fingerprint density at radius 2 is 1.58 bits per heavy atom. The van der Waals surface area contributed by atoms with Crippen LogP contribution in [-0.4, -0.2) is 52.5 Å². The van der Waals surface area contributed by atoms with E-state index in [1.54, 1.807) is 43.5 Å². The highest BCUT2D eigenvalue weighted by molar-refractivity contribution is 7.92. The fourth-order valence-corrected chi connectivity index (χ4v) is 4.98. The number of nitrogens with one attached hydrogen (secondary N) is 2. The van der Waals surface area contributed by atoms with Gasteiger partial charge in [-0.15, -0.1) is 0 Å². The third-order valence-electron chi connectivity index (χ3n) is 5.81. The Labute approximate surface area is 194 Å². The van der Waals surface area contributed by atoms with Gasteiger partial charge in [0.05, 0.1) is 38.2 Å². The molecule has 2 N–H and O–H groups in total. The zero-order valence-corrected chi connectivity index (χ0v) is 19.3. The summed E-state index contributed by atoms with van der Waals surface area (Å²) in [6, 6.07) is 23.1. The molecule has 3 aromatic rings. The van der Waals surface area contributed by atoms with Crippen LogP contribution >= 0.6 is 0 Å². The monoisotopic (exact) mass is 466 g/mol. The van der Waals surface area contributed by atoms with E-state index >= 15 is 0 Å². The van der Waals surface area contributed by atoms with Crippen LogP contribution in [0.4, 0.5) is 5.69 Å². The molecule has 0 saturated carbocycles. The maximum Gasteiger partial charge on any atom is 0.261 e. The molecule has 0 aliphatic carbocycles. The number of rotatable bonds is 7. The summed E-state index contributed by atoms with van der Waals surface area (Å²) in [4.78, 5) is 16.3. The van der Waals surface area contributed by atoms with Crippen molar-refractivity contribution in [3.63, 3.8) is 0 Å². The van der Waals surface area contributed by atoms with Crippen molar-refractivity contribution in [3.8, 4) is 5.75 Å². The first-order chi connectivity index (χ1) is 15.9. The van der Waals surface area contributed by atoms with E-state index in [9.17, 15) is 13.2 Å². The molecule has 1 amide bonds. The Hall–Kier alpha value is -3.36. The van der Waals surface area contributed by atoms with Crippen LogP contribution in [0.5, 0.6) is 5.75 Å². The SMILES string of the molecule is COc1ccc(NS(=O)(=O)c2ccc(C(=O)N3CC[NH+](Cc4ccccc4)CC3)cc2)cc1. The quantitative estimate of drug-likeness (QED) is 0.559. The van der Waals surface area contributed by atoms with Crippen LogP contribution in [0.2, 0.25) is 0 Å². The number of sulfonamides is 1. The molecule has 1 heterocycles. The van der Waals surface area contributed by atoms with Gasteiger partial charge in [0.2, 0.25) is 0 Å². The van der Waals surface area contributed by atoms with Gasteiger partial charge in [-0.3, -0.25) is 9.52 Å². The van der Waals surface area contributed by atoms with Gasteiger partial charge in [-0.05, 0) is 48.5 Å². The van der Waals surface area contributed by atoms with Crippen LogP contribution in [0.1, 0.15) is 15.9 Å². The molecule has 8 heteroatoms. The summed E-state index contributed by atoms with van der Waals surface area (Å²) in [6.07, 6.45) is 0. The average Bonchev–Trinajstić information content (AvgIpc) is 2.85. The van der Waals surface area contributed by atoms with Crippen molar-refractivity contribution in [2.24, 2.45) is 0 Å². The van der Waals surface area contributed by atoms with E-state index in [0.29, 0.717) is 30.1 Å². The molecule has 1 aliphatic rings. The van der Waals surface area contributed by atoms with E-state index in [0.717, 1.165) is 19.6 Å². The lowest BCUT2D eigenvalue weighted by Gasteiger charge is -2.32. The Balaban J connectivity index is 1.35. The average molecular weight is 467 g/mol. The smallest absolute Gasteiger partial charge is 0.261 e. The molecule has 1 fully saturated rings. The molecule has 1 aliphatic heterocycles. The fraction of sp³-hybridized carbons (Fsp3) is 0.240. The van der Waals surface area contributed by atoms with Crippen LogP contribution in [0.3, 0.4) is 0 Å². The van der Waals surface area contributed by atoms with Crippen molar-refractivity contribution in [1.82, 2.24) is 4.90 Å². The zero-order chi connectivity index (χ0) is 23.3. The normalized spacial score (nSPS) is 14.6. The largest absolute Gasteiger partial charge is 0.497 e. The number of ether oxygens (including phenoxy) is 1. The lowest BCUT2D eigenvalue weighted by atomic mass is 10.1. The number of carbonyl (C=O) groups is 1. The molecule has 33 heavy (non-hydrogen) atoms. The molecule has 0 unspecified atom stereocenters. The van der Waals surface area contributed by atoms with Gasteiger partial charge in [-0.2, -0.15) is 0 Å². The Morgan fingerprint density at radius 1 is 0.939 bits per heavy atom. The van der Waals surface area contributed by atoms with E-state index in [2.05, 4.69) is 16.9 Å². The maximum atomic E-state index is 12.9. The summed E-state index contributed by atoms with van der Waals surface area (Å²) in [5.41, 5.74) is 2.23. The molecule has 0 bridgehead atoms. The number of hydrogen-bond donors (Lipinski definition) is 2. The number of amides is 1. The summed E-state index contributed by atoms with van der Waals surface area (Å²) >= 11 is 0. The van der Waals surface area contributed by atoms with Crippen LogP contribution in [-0.2, 0) is 16.6 Å². The maximum absolute atomic E-state index is 12.9. The van der Waals surface area contributed by atoms with Crippen molar-refractivity contribution in [2.75, 3.05) is 38.0 Å². The Morgan fingerprint density at radius 3 is 2.18 bits per heavy atom. The standard InChI is InChI=1S/C25H27N3O4S/c1-32-23-11-9-22(10-12-23)26-33(30,31)24-13-7-21(8-14-24)25(29)28-17-15-27(16-18-28)19-20-5-3-2-4-6-20/h2-14,26H,15-19H2,1H3/p+1. The summed E-state index contributed by atoms with van der Waals surface area (Å²) < 4.78 is 33.0. The first-order valence-electron chi connectivity index (χ1n) is 10.9. The van der Waals surface area contributed by atoms with E-state index in [1.165, 1.54) is 22.6 Å². The van der Waals surface area contributed by atoms with E-state index in [-0.39, 0.29) is 10.8 Å². The van der Waals surface area contributed by atoms with Gasteiger partial charge in [0, 0.05) is 16.8 Å². The highest BCUT2D eigenvalue weighted by Crippen LogP contribution is 2.20. The van der Waals surface area contributed by atoms with Gasteiger partial charge in [-0.25, -0.2) is 8.42 Å². The second-order valence-corrected chi connectivity index (χ2v) is 9.75. The molecule has 7 nitrogen and oxygen atoms in total. The topological polar surface area (TPSA) is 80.1 Å². The third kappa shape index (κ3) is 5.71.